The Morgan fingerprint density at radius 1 is 1.35 bits per heavy atom. The number of fused-ring (bicyclic) bond motifs is 3. The molecule has 2 aliphatic rings. The highest BCUT2D eigenvalue weighted by Crippen LogP contribution is 2.50. The maximum atomic E-state index is 14.9. The number of carbonyl (C=O) groups is 1. The molecule has 1 saturated heterocycles. The molecule has 0 spiro atoms. The third kappa shape index (κ3) is 3.49. The number of hydrogen-bond acceptors (Lipinski definition) is 6. The molecule has 3 heterocycles. The summed E-state index contributed by atoms with van der Waals surface area (Å²) in [4.78, 5) is 19.3. The molecule has 1 saturated carbocycles. The van der Waals surface area contributed by atoms with E-state index in [0.29, 0.717) is 35.7 Å². The lowest BCUT2D eigenvalue weighted by atomic mass is 9.64. The molecule has 2 amide bonds. The van der Waals surface area contributed by atoms with Crippen LogP contribution in [0.5, 0.6) is 0 Å². The summed E-state index contributed by atoms with van der Waals surface area (Å²) in [5, 5.41) is 23.2. The predicted molar refractivity (Wildman–Crippen MR) is 128 cm³/mol. The van der Waals surface area contributed by atoms with Crippen LogP contribution >= 0.6 is 0 Å². The Bertz CT molecular complexity index is 1340. The topological polar surface area (TPSA) is 119 Å². The molecule has 3 aromatic rings. The first-order valence-electron chi connectivity index (χ1n) is 11.2. The van der Waals surface area contributed by atoms with Crippen LogP contribution in [0.1, 0.15) is 40.1 Å². The van der Waals surface area contributed by atoms with Gasteiger partial charge in [-0.05, 0) is 55.5 Å². The minimum absolute atomic E-state index is 0. The monoisotopic (exact) mass is 465 g/mol. The number of nitrogens with zero attached hydrogens (tertiary/aromatic N) is 4. The fourth-order valence-electron chi connectivity index (χ4n) is 5.36. The lowest BCUT2D eigenvalue weighted by molar-refractivity contribution is -0.0539. The zero-order chi connectivity index (χ0) is 24.2. The lowest BCUT2D eigenvalue weighted by Crippen LogP contribution is -2.75. The van der Waals surface area contributed by atoms with Gasteiger partial charge in [0.25, 0.3) is 0 Å². The van der Waals surface area contributed by atoms with Crippen LogP contribution in [-0.4, -0.2) is 48.9 Å². The standard InChI is InChI=1S/C24H26FN7O2.H2/c1-13-7-17-11-24(10-13,22(27)34-15(3)26)32(17)23(33)29-20-9-18(14(2)8-19(20)25)21-28-12-16-5-4-6-31(16)30-21;/h4-6,8-9,12-13,17,26-27H,7,10-11H2,1-3H3,(H,29,33);1H/t13-,17-,24+;/m0./s1. The molecule has 3 atom stereocenters. The second-order valence-corrected chi connectivity index (χ2v) is 9.33. The van der Waals surface area contributed by atoms with Gasteiger partial charge in [0.15, 0.2) is 11.7 Å². The minimum atomic E-state index is -0.915. The number of urea groups is 1. The lowest BCUT2D eigenvalue weighted by Gasteiger charge is -2.62. The molecular formula is C24H28FN7O2. The number of carbonyl (C=O) groups excluding carboxylic acids is 1. The van der Waals surface area contributed by atoms with Crippen molar-refractivity contribution in [1.29, 1.82) is 10.8 Å². The van der Waals surface area contributed by atoms with Crippen molar-refractivity contribution in [3.8, 4) is 11.4 Å². The van der Waals surface area contributed by atoms with E-state index in [2.05, 4.69) is 22.3 Å². The highest BCUT2D eigenvalue weighted by Gasteiger charge is 2.62. The summed E-state index contributed by atoms with van der Waals surface area (Å²) in [5.41, 5.74) is 1.19. The summed E-state index contributed by atoms with van der Waals surface area (Å²) >= 11 is 0. The molecule has 0 unspecified atom stereocenters. The van der Waals surface area contributed by atoms with Crippen molar-refractivity contribution in [3.63, 3.8) is 0 Å². The van der Waals surface area contributed by atoms with Crippen LogP contribution in [0, 0.1) is 29.5 Å². The van der Waals surface area contributed by atoms with Crippen LogP contribution in [0.3, 0.4) is 0 Å². The normalized spacial score (nSPS) is 23.4. The summed E-state index contributed by atoms with van der Waals surface area (Å²) in [6, 6.07) is 6.09. The van der Waals surface area contributed by atoms with Gasteiger partial charge in [0.05, 0.1) is 17.4 Å². The molecule has 34 heavy (non-hydrogen) atoms. The van der Waals surface area contributed by atoms with E-state index in [-0.39, 0.29) is 25.0 Å². The zero-order valence-electron chi connectivity index (χ0n) is 19.2. The first-order chi connectivity index (χ1) is 16.2. The fraction of sp³-hybridized carbons (Fsp3) is 0.375. The van der Waals surface area contributed by atoms with Gasteiger partial charge in [0, 0.05) is 32.6 Å². The SMILES string of the molecule is CC(=N)OC(=N)[C@@]12C[C@@H](C)C[C@@H](C1)N2C(=O)Nc1cc(-c2ncc3cccn3n2)c(C)cc1F.[HH]. The van der Waals surface area contributed by atoms with E-state index in [1.54, 1.807) is 34.8 Å². The third-order valence-corrected chi connectivity index (χ3v) is 6.73. The summed E-state index contributed by atoms with van der Waals surface area (Å²) < 4.78 is 21.9. The first kappa shape index (κ1) is 22.0. The Morgan fingerprint density at radius 3 is 2.91 bits per heavy atom. The predicted octanol–water partition coefficient (Wildman–Crippen LogP) is 4.86. The average Bonchev–Trinajstić information content (AvgIpc) is 3.22. The maximum Gasteiger partial charge on any atom is 0.323 e. The van der Waals surface area contributed by atoms with Crippen LogP contribution < -0.4 is 5.32 Å². The zero-order valence-corrected chi connectivity index (χ0v) is 19.2. The van der Waals surface area contributed by atoms with Gasteiger partial charge in [-0.15, -0.1) is 5.10 Å². The number of nitrogens with one attached hydrogen (secondary N) is 3. The highest BCUT2D eigenvalue weighted by atomic mass is 19.1. The number of benzene rings is 1. The van der Waals surface area contributed by atoms with Crippen molar-refractivity contribution in [2.75, 3.05) is 5.32 Å². The van der Waals surface area contributed by atoms with Crippen molar-refractivity contribution < 1.29 is 15.3 Å². The molecule has 2 aromatic heterocycles. The molecule has 1 aromatic carbocycles. The van der Waals surface area contributed by atoms with Crippen LogP contribution in [0.4, 0.5) is 14.9 Å². The van der Waals surface area contributed by atoms with Gasteiger partial charge in [0.1, 0.15) is 11.4 Å². The quantitative estimate of drug-likeness (QED) is 0.378. The van der Waals surface area contributed by atoms with Gasteiger partial charge in [-0.1, -0.05) is 6.92 Å². The van der Waals surface area contributed by atoms with Crippen LogP contribution in [0.15, 0.2) is 36.7 Å². The smallest absolute Gasteiger partial charge is 0.323 e. The molecule has 5 rings (SSSR count). The molecule has 10 heteroatoms. The van der Waals surface area contributed by atoms with E-state index in [9.17, 15) is 9.18 Å². The van der Waals surface area contributed by atoms with Crippen molar-refractivity contribution in [2.45, 2.75) is 51.6 Å². The number of rotatable bonds is 3. The van der Waals surface area contributed by atoms with E-state index < -0.39 is 17.4 Å². The Morgan fingerprint density at radius 2 is 2.15 bits per heavy atom. The van der Waals surface area contributed by atoms with Crippen LogP contribution in [-0.2, 0) is 4.74 Å². The number of aryl methyl sites for hydroxylation is 1. The third-order valence-electron chi connectivity index (χ3n) is 6.73. The van der Waals surface area contributed by atoms with Gasteiger partial charge in [-0.3, -0.25) is 10.8 Å². The number of piperidine rings is 1. The van der Waals surface area contributed by atoms with Crippen molar-refractivity contribution in [1.82, 2.24) is 19.5 Å². The first-order valence-corrected chi connectivity index (χ1v) is 11.2. The molecule has 9 nitrogen and oxygen atoms in total. The second-order valence-electron chi connectivity index (χ2n) is 9.33. The van der Waals surface area contributed by atoms with Gasteiger partial charge < -0.3 is 15.0 Å². The molecule has 2 fully saturated rings. The van der Waals surface area contributed by atoms with Crippen LogP contribution in [0.2, 0.25) is 0 Å². The molecule has 2 bridgehead atoms. The van der Waals surface area contributed by atoms with Crippen LogP contribution in [0.25, 0.3) is 16.9 Å². The Balaban J connectivity index is 0.00000289. The number of amides is 2. The van der Waals surface area contributed by atoms with Crippen molar-refractivity contribution >= 4 is 29.0 Å². The molecule has 1 aliphatic carbocycles. The van der Waals surface area contributed by atoms with Gasteiger partial charge in [0.2, 0.25) is 5.90 Å². The number of ether oxygens (including phenoxy) is 1. The Labute approximate surface area is 197 Å². The van der Waals surface area contributed by atoms with Crippen molar-refractivity contribution in [3.05, 3.63) is 48.0 Å². The van der Waals surface area contributed by atoms with Gasteiger partial charge >= 0.3 is 6.03 Å². The highest BCUT2D eigenvalue weighted by molar-refractivity contribution is 6.00. The number of halogens is 1. The summed E-state index contributed by atoms with van der Waals surface area (Å²) in [5.74, 6) is -0.0566. The van der Waals surface area contributed by atoms with Crippen molar-refractivity contribution in [2.24, 2.45) is 5.92 Å². The van der Waals surface area contributed by atoms with Gasteiger partial charge in [-0.25, -0.2) is 18.7 Å². The average molecular weight is 466 g/mol. The van der Waals surface area contributed by atoms with E-state index in [4.69, 9.17) is 15.6 Å². The van der Waals surface area contributed by atoms with E-state index in [0.717, 1.165) is 11.9 Å². The fourth-order valence-corrected chi connectivity index (χ4v) is 5.36. The molecule has 3 N–H and O–H groups in total. The summed E-state index contributed by atoms with van der Waals surface area (Å²) in [7, 11) is 0. The van der Waals surface area contributed by atoms with E-state index in [1.165, 1.54) is 13.0 Å². The van der Waals surface area contributed by atoms with E-state index in [1.807, 2.05) is 12.1 Å². The number of anilines is 1. The summed E-state index contributed by atoms with van der Waals surface area (Å²) in [6.45, 7) is 5.30. The number of aromatic nitrogens is 3. The second kappa shape index (κ2) is 7.89. The van der Waals surface area contributed by atoms with E-state index >= 15 is 0 Å². The van der Waals surface area contributed by atoms with Gasteiger partial charge in [-0.2, -0.15) is 0 Å². The maximum absolute atomic E-state index is 14.9. The largest absolute Gasteiger partial charge is 0.428 e. The minimum Gasteiger partial charge on any atom is -0.428 e. The Kier molecular flexibility index (Phi) is 5.11. The summed E-state index contributed by atoms with van der Waals surface area (Å²) in [6.07, 6.45) is 5.46. The molecule has 1 aliphatic heterocycles. The molecular weight excluding hydrogens is 437 g/mol. The molecule has 0 radical (unpaired) electrons. The Hall–Kier alpha value is -3.82. The number of hydrogen-bond donors (Lipinski definition) is 3. The number of likely N-dealkylation sites (tertiary alicyclic amines) is 1. The molecule has 178 valence electrons.